The van der Waals surface area contributed by atoms with Gasteiger partial charge in [-0.2, -0.15) is 4.31 Å². The monoisotopic (exact) mass is 520 g/mol. The summed E-state index contributed by atoms with van der Waals surface area (Å²) in [5.74, 6) is -0.241. The Morgan fingerprint density at radius 1 is 1.00 bits per heavy atom. The average Bonchev–Trinajstić information content (AvgIpc) is 3.14. The fraction of sp³-hybridized carbons (Fsp3) is 0.296. The first-order chi connectivity index (χ1) is 17.4. The van der Waals surface area contributed by atoms with E-state index in [-0.39, 0.29) is 10.8 Å². The van der Waals surface area contributed by atoms with Gasteiger partial charge in [0, 0.05) is 31.0 Å². The number of amides is 1. The minimum absolute atomic E-state index is 0.218. The van der Waals surface area contributed by atoms with E-state index in [1.807, 2.05) is 37.3 Å². The molecule has 7 nitrogen and oxygen atoms in total. The van der Waals surface area contributed by atoms with Crippen LogP contribution in [0.15, 0.2) is 71.9 Å². The van der Waals surface area contributed by atoms with E-state index in [1.54, 1.807) is 33.7 Å². The van der Waals surface area contributed by atoms with Crippen LogP contribution in [0.4, 0.5) is 5.13 Å². The zero-order valence-electron chi connectivity index (χ0n) is 20.1. The average molecular weight is 521 g/mol. The predicted molar refractivity (Wildman–Crippen MR) is 143 cm³/mol. The lowest BCUT2D eigenvalue weighted by atomic mass is 10.2. The fourth-order valence-electron chi connectivity index (χ4n) is 4.45. The topological polar surface area (TPSA) is 83.5 Å². The van der Waals surface area contributed by atoms with Gasteiger partial charge in [-0.3, -0.25) is 14.7 Å². The number of hydrogen-bond acceptors (Lipinski definition) is 6. The van der Waals surface area contributed by atoms with Gasteiger partial charge in [-0.25, -0.2) is 13.4 Å². The van der Waals surface area contributed by atoms with E-state index in [0.29, 0.717) is 30.3 Å². The minimum atomic E-state index is -3.58. The van der Waals surface area contributed by atoms with Gasteiger partial charge in [-0.1, -0.05) is 42.4 Å². The minimum Gasteiger partial charge on any atom is -0.279 e. The Bertz CT molecular complexity index is 1460. The molecule has 1 fully saturated rings. The molecule has 0 radical (unpaired) electrons. The molecular formula is C27H28N4O3S2. The molecule has 0 bridgehead atoms. The normalized spacial score (nSPS) is 15.0. The molecule has 1 aliphatic heterocycles. The first kappa shape index (κ1) is 24.5. The van der Waals surface area contributed by atoms with Crippen molar-refractivity contribution in [1.29, 1.82) is 0 Å². The third-order valence-electron chi connectivity index (χ3n) is 6.45. The van der Waals surface area contributed by atoms with Gasteiger partial charge in [0.25, 0.3) is 5.91 Å². The molecule has 36 heavy (non-hydrogen) atoms. The fourth-order valence-corrected chi connectivity index (χ4v) is 7.01. The van der Waals surface area contributed by atoms with E-state index in [1.165, 1.54) is 23.5 Å². The highest BCUT2D eigenvalue weighted by Crippen LogP contribution is 2.32. The second kappa shape index (κ2) is 10.5. The first-order valence-electron chi connectivity index (χ1n) is 12.1. The van der Waals surface area contributed by atoms with Crippen LogP contribution in [0.25, 0.3) is 10.2 Å². The number of rotatable bonds is 6. The first-order valence-corrected chi connectivity index (χ1v) is 14.4. The predicted octanol–water partition coefficient (Wildman–Crippen LogP) is 5.41. The van der Waals surface area contributed by atoms with Gasteiger partial charge in [0.2, 0.25) is 10.0 Å². The molecular weight excluding hydrogens is 492 g/mol. The Morgan fingerprint density at radius 3 is 2.42 bits per heavy atom. The van der Waals surface area contributed by atoms with E-state index in [0.717, 1.165) is 47.0 Å². The Morgan fingerprint density at radius 2 is 1.75 bits per heavy atom. The molecule has 4 aromatic rings. The van der Waals surface area contributed by atoms with Gasteiger partial charge in [0.05, 0.1) is 21.7 Å². The summed E-state index contributed by atoms with van der Waals surface area (Å²) < 4.78 is 28.9. The van der Waals surface area contributed by atoms with Gasteiger partial charge < -0.3 is 0 Å². The summed E-state index contributed by atoms with van der Waals surface area (Å²) in [4.78, 5) is 24.6. The molecule has 2 aromatic carbocycles. The Kier molecular flexibility index (Phi) is 7.13. The van der Waals surface area contributed by atoms with Crippen molar-refractivity contribution >= 4 is 42.6 Å². The molecule has 0 unspecified atom stereocenters. The van der Waals surface area contributed by atoms with Crippen LogP contribution in [0.2, 0.25) is 0 Å². The van der Waals surface area contributed by atoms with Crippen LogP contribution in [-0.2, 0) is 16.6 Å². The third-order valence-corrected chi connectivity index (χ3v) is 9.41. The maximum atomic E-state index is 13.7. The lowest BCUT2D eigenvalue weighted by Gasteiger charge is -2.21. The summed E-state index contributed by atoms with van der Waals surface area (Å²) in [6.07, 6.45) is 7.28. The van der Waals surface area contributed by atoms with Gasteiger partial charge >= 0.3 is 0 Å². The van der Waals surface area contributed by atoms with Crippen LogP contribution in [0.5, 0.6) is 0 Å². The van der Waals surface area contributed by atoms with Crippen molar-refractivity contribution in [3.63, 3.8) is 0 Å². The zero-order valence-corrected chi connectivity index (χ0v) is 21.8. The Balaban J connectivity index is 1.46. The molecule has 0 saturated carbocycles. The van der Waals surface area contributed by atoms with Gasteiger partial charge in [-0.15, -0.1) is 0 Å². The Labute approximate surface area is 215 Å². The van der Waals surface area contributed by atoms with Crippen molar-refractivity contribution < 1.29 is 13.2 Å². The standard InChI is InChI=1S/C27H28N4O3S2/c1-20-8-6-10-24-25(20)29-27(35-24)31(19-21-9-7-15-28-18-21)26(32)22-11-13-23(14-12-22)36(33,34)30-16-4-2-3-5-17-30/h6-15,18H,2-5,16-17,19H2,1H3. The second-order valence-corrected chi connectivity index (χ2v) is 12.0. The van der Waals surface area contributed by atoms with Crippen LogP contribution < -0.4 is 4.90 Å². The molecule has 0 atom stereocenters. The molecule has 1 amide bonds. The van der Waals surface area contributed by atoms with Gasteiger partial charge in [0.15, 0.2) is 5.13 Å². The molecule has 0 N–H and O–H groups in total. The maximum absolute atomic E-state index is 13.7. The number of nitrogens with zero attached hydrogens (tertiary/aromatic N) is 4. The van der Waals surface area contributed by atoms with E-state index < -0.39 is 10.0 Å². The summed E-state index contributed by atoms with van der Waals surface area (Å²) in [6, 6.07) is 16.0. The number of aromatic nitrogens is 2. The molecule has 1 saturated heterocycles. The van der Waals surface area contributed by atoms with Crippen molar-refractivity contribution in [3.8, 4) is 0 Å². The van der Waals surface area contributed by atoms with Crippen molar-refractivity contribution in [1.82, 2.24) is 14.3 Å². The molecule has 186 valence electrons. The van der Waals surface area contributed by atoms with Crippen molar-refractivity contribution in [2.45, 2.75) is 44.0 Å². The zero-order chi connectivity index (χ0) is 25.1. The van der Waals surface area contributed by atoms with Gasteiger partial charge in [-0.05, 0) is 67.3 Å². The largest absolute Gasteiger partial charge is 0.279 e. The van der Waals surface area contributed by atoms with Crippen molar-refractivity contribution in [2.24, 2.45) is 0 Å². The molecule has 1 aliphatic rings. The van der Waals surface area contributed by atoms with Crippen molar-refractivity contribution in [3.05, 3.63) is 83.7 Å². The number of thiazole rings is 1. The smallest absolute Gasteiger partial charge is 0.260 e. The second-order valence-electron chi connectivity index (χ2n) is 9.01. The third kappa shape index (κ3) is 5.04. The molecule has 0 aliphatic carbocycles. The lowest BCUT2D eigenvalue weighted by Crippen LogP contribution is -2.32. The highest BCUT2D eigenvalue weighted by molar-refractivity contribution is 7.89. The summed E-state index contributed by atoms with van der Waals surface area (Å²) in [6.45, 7) is 3.39. The quantitative estimate of drug-likeness (QED) is 0.339. The summed E-state index contributed by atoms with van der Waals surface area (Å²) in [5.41, 5.74) is 3.21. The summed E-state index contributed by atoms with van der Waals surface area (Å²) in [5, 5.41) is 0.592. The number of benzene rings is 2. The van der Waals surface area contributed by atoms with Gasteiger partial charge in [0.1, 0.15) is 0 Å². The van der Waals surface area contributed by atoms with E-state index in [9.17, 15) is 13.2 Å². The molecule has 9 heteroatoms. The highest BCUT2D eigenvalue weighted by atomic mass is 32.2. The molecule has 0 spiro atoms. The van der Waals surface area contributed by atoms with Crippen molar-refractivity contribution in [2.75, 3.05) is 18.0 Å². The lowest BCUT2D eigenvalue weighted by molar-refractivity contribution is 0.0985. The number of pyridine rings is 1. The highest BCUT2D eigenvalue weighted by Gasteiger charge is 2.27. The van der Waals surface area contributed by atoms with Crippen LogP contribution in [0.1, 0.15) is 47.2 Å². The number of hydrogen-bond donors (Lipinski definition) is 0. The Hall–Kier alpha value is -3.14. The number of fused-ring (bicyclic) bond motifs is 1. The number of para-hydroxylation sites is 1. The van der Waals surface area contributed by atoms with E-state index in [2.05, 4.69) is 4.98 Å². The summed E-state index contributed by atoms with van der Waals surface area (Å²) >= 11 is 1.46. The maximum Gasteiger partial charge on any atom is 0.260 e. The summed E-state index contributed by atoms with van der Waals surface area (Å²) in [7, 11) is -3.58. The van der Waals surface area contributed by atoms with Crippen LogP contribution in [0, 0.1) is 6.92 Å². The molecule has 2 aromatic heterocycles. The van der Waals surface area contributed by atoms with E-state index >= 15 is 0 Å². The number of carbonyl (C=O) groups is 1. The number of sulfonamides is 1. The number of carbonyl (C=O) groups excluding carboxylic acids is 1. The number of anilines is 1. The van der Waals surface area contributed by atoms with Crippen LogP contribution >= 0.6 is 11.3 Å². The number of aryl methyl sites for hydroxylation is 1. The molecule has 5 rings (SSSR count). The van der Waals surface area contributed by atoms with Crippen LogP contribution in [0.3, 0.4) is 0 Å². The SMILES string of the molecule is Cc1cccc2sc(N(Cc3cccnc3)C(=O)c3ccc(S(=O)(=O)N4CCCCCC4)cc3)nc12. The van der Waals surface area contributed by atoms with E-state index in [4.69, 9.17) is 4.98 Å². The van der Waals surface area contributed by atoms with Crippen LogP contribution in [-0.4, -0.2) is 41.7 Å². The molecule has 3 heterocycles.